The first kappa shape index (κ1) is 15.9. The molecule has 19 heavy (non-hydrogen) atoms. The zero-order valence-electron chi connectivity index (χ0n) is 12.2. The zero-order chi connectivity index (χ0) is 14.5. The second-order valence-corrected chi connectivity index (χ2v) is 5.76. The molecule has 1 aromatic carbocycles. The number of ether oxygens (including phenoxy) is 2. The summed E-state index contributed by atoms with van der Waals surface area (Å²) in [6, 6.07) is 4.98. The number of halogens is 1. The Morgan fingerprint density at radius 3 is 2.47 bits per heavy atom. The van der Waals surface area contributed by atoms with Crippen LogP contribution in [0, 0.1) is 5.82 Å². The Bertz CT molecular complexity index is 400. The quantitative estimate of drug-likeness (QED) is 0.808. The highest BCUT2D eigenvalue weighted by Crippen LogP contribution is 2.19. The van der Waals surface area contributed by atoms with E-state index in [0.29, 0.717) is 19.6 Å². The Balaban J connectivity index is 2.46. The predicted molar refractivity (Wildman–Crippen MR) is 75.0 cm³/mol. The zero-order valence-corrected chi connectivity index (χ0v) is 12.2. The summed E-state index contributed by atoms with van der Waals surface area (Å²) < 4.78 is 24.6. The Morgan fingerprint density at radius 1 is 1.26 bits per heavy atom. The van der Waals surface area contributed by atoms with Crippen molar-refractivity contribution in [1.82, 2.24) is 0 Å². The fraction of sp³-hybridized carbons (Fsp3) is 0.600. The van der Waals surface area contributed by atoms with Crippen LogP contribution in [0.4, 0.5) is 4.39 Å². The van der Waals surface area contributed by atoms with E-state index in [4.69, 9.17) is 15.2 Å². The lowest BCUT2D eigenvalue weighted by atomic mass is 10.1. The lowest BCUT2D eigenvalue weighted by molar-refractivity contribution is -0.0166. The third-order valence-corrected chi connectivity index (χ3v) is 2.43. The maximum atomic E-state index is 13.8. The molecule has 0 fully saturated rings. The number of hydrogen-bond donors (Lipinski definition) is 1. The molecule has 1 atom stereocenters. The molecule has 0 amide bonds. The van der Waals surface area contributed by atoms with Crippen LogP contribution in [-0.4, -0.2) is 24.9 Å². The van der Waals surface area contributed by atoms with Crippen molar-refractivity contribution in [1.29, 1.82) is 0 Å². The van der Waals surface area contributed by atoms with Gasteiger partial charge in [-0.2, -0.15) is 0 Å². The standard InChI is InChI=1S/C15H24FNO2/c1-11(17)9-12-5-6-14(13(16)10-12)18-7-8-19-15(2,3)4/h5-6,10-11H,7-9,17H2,1-4H3. The molecular weight excluding hydrogens is 245 g/mol. The molecule has 0 heterocycles. The molecule has 1 unspecified atom stereocenters. The molecule has 1 rings (SSSR count). The van der Waals surface area contributed by atoms with Crippen molar-refractivity contribution in [3.8, 4) is 5.75 Å². The molecule has 108 valence electrons. The molecule has 0 aliphatic carbocycles. The van der Waals surface area contributed by atoms with E-state index in [-0.39, 0.29) is 23.2 Å². The molecule has 0 aliphatic rings. The highest BCUT2D eigenvalue weighted by molar-refractivity contribution is 5.29. The number of nitrogens with two attached hydrogens (primary N) is 1. The lowest BCUT2D eigenvalue weighted by Crippen LogP contribution is -2.22. The predicted octanol–water partition coefficient (Wildman–Crippen LogP) is 2.91. The van der Waals surface area contributed by atoms with Crippen LogP contribution >= 0.6 is 0 Å². The average molecular weight is 269 g/mol. The van der Waals surface area contributed by atoms with E-state index >= 15 is 0 Å². The smallest absolute Gasteiger partial charge is 0.165 e. The molecule has 0 aromatic heterocycles. The minimum Gasteiger partial charge on any atom is -0.488 e. The largest absolute Gasteiger partial charge is 0.488 e. The molecule has 2 N–H and O–H groups in total. The second-order valence-electron chi connectivity index (χ2n) is 5.76. The summed E-state index contributed by atoms with van der Waals surface area (Å²) in [7, 11) is 0. The van der Waals surface area contributed by atoms with Gasteiger partial charge in [0.2, 0.25) is 0 Å². The van der Waals surface area contributed by atoms with Crippen LogP contribution in [0.1, 0.15) is 33.3 Å². The Labute approximate surface area is 114 Å². The van der Waals surface area contributed by atoms with E-state index < -0.39 is 0 Å². The SMILES string of the molecule is CC(N)Cc1ccc(OCCOC(C)(C)C)c(F)c1. The van der Waals surface area contributed by atoms with E-state index in [1.54, 1.807) is 6.07 Å². The fourth-order valence-electron chi connectivity index (χ4n) is 1.66. The molecule has 4 heteroatoms. The summed E-state index contributed by atoms with van der Waals surface area (Å²) >= 11 is 0. The molecule has 0 saturated heterocycles. The van der Waals surface area contributed by atoms with Crippen LogP contribution in [0.3, 0.4) is 0 Å². The number of hydrogen-bond acceptors (Lipinski definition) is 3. The van der Waals surface area contributed by atoms with E-state index in [2.05, 4.69) is 0 Å². The van der Waals surface area contributed by atoms with Crippen molar-refractivity contribution in [2.45, 2.75) is 45.8 Å². The van der Waals surface area contributed by atoms with E-state index in [9.17, 15) is 4.39 Å². The summed E-state index contributed by atoms with van der Waals surface area (Å²) in [5, 5.41) is 0. The minimum atomic E-state index is -0.353. The molecule has 0 spiro atoms. The Hall–Kier alpha value is -1.13. The summed E-state index contributed by atoms with van der Waals surface area (Å²) in [5.41, 5.74) is 6.36. The van der Waals surface area contributed by atoms with E-state index in [0.717, 1.165) is 5.56 Å². The first-order chi connectivity index (χ1) is 8.78. The van der Waals surface area contributed by atoms with Crippen LogP contribution < -0.4 is 10.5 Å². The van der Waals surface area contributed by atoms with Gasteiger partial charge in [0.15, 0.2) is 11.6 Å². The van der Waals surface area contributed by atoms with Crippen molar-refractivity contribution in [2.24, 2.45) is 5.73 Å². The van der Waals surface area contributed by atoms with Gasteiger partial charge in [-0.05, 0) is 51.8 Å². The topological polar surface area (TPSA) is 44.5 Å². The number of benzene rings is 1. The van der Waals surface area contributed by atoms with Gasteiger partial charge in [0.1, 0.15) is 6.61 Å². The van der Waals surface area contributed by atoms with Crippen molar-refractivity contribution in [3.63, 3.8) is 0 Å². The third-order valence-electron chi connectivity index (χ3n) is 2.43. The van der Waals surface area contributed by atoms with Crippen LogP contribution in [0.25, 0.3) is 0 Å². The van der Waals surface area contributed by atoms with E-state index in [1.165, 1.54) is 6.07 Å². The lowest BCUT2D eigenvalue weighted by Gasteiger charge is -2.19. The number of rotatable bonds is 6. The second kappa shape index (κ2) is 6.87. The van der Waals surface area contributed by atoms with Crippen molar-refractivity contribution in [2.75, 3.05) is 13.2 Å². The third kappa shape index (κ3) is 6.55. The van der Waals surface area contributed by atoms with Crippen molar-refractivity contribution < 1.29 is 13.9 Å². The molecule has 3 nitrogen and oxygen atoms in total. The molecular formula is C15H24FNO2. The highest BCUT2D eigenvalue weighted by Gasteiger charge is 2.10. The first-order valence-corrected chi connectivity index (χ1v) is 6.59. The van der Waals surface area contributed by atoms with Crippen LogP contribution in [0.15, 0.2) is 18.2 Å². The van der Waals surface area contributed by atoms with Gasteiger partial charge in [0.05, 0.1) is 12.2 Å². The maximum absolute atomic E-state index is 13.8. The molecule has 0 saturated carbocycles. The molecule has 0 bridgehead atoms. The van der Waals surface area contributed by atoms with Gasteiger partial charge in [-0.25, -0.2) is 4.39 Å². The van der Waals surface area contributed by atoms with Gasteiger partial charge in [-0.1, -0.05) is 6.07 Å². The van der Waals surface area contributed by atoms with Gasteiger partial charge < -0.3 is 15.2 Å². The summed E-state index contributed by atoms with van der Waals surface area (Å²) in [4.78, 5) is 0. The van der Waals surface area contributed by atoms with Gasteiger partial charge in [0.25, 0.3) is 0 Å². The summed E-state index contributed by atoms with van der Waals surface area (Å²) in [6.07, 6.45) is 0.657. The molecule has 0 radical (unpaired) electrons. The summed E-state index contributed by atoms with van der Waals surface area (Å²) in [6.45, 7) is 8.57. The maximum Gasteiger partial charge on any atom is 0.165 e. The Morgan fingerprint density at radius 2 is 1.95 bits per heavy atom. The summed E-state index contributed by atoms with van der Waals surface area (Å²) in [5.74, 6) is -0.0974. The minimum absolute atomic E-state index is 0.0198. The van der Waals surface area contributed by atoms with Crippen LogP contribution in [0.2, 0.25) is 0 Å². The van der Waals surface area contributed by atoms with Gasteiger partial charge in [-0.3, -0.25) is 0 Å². The van der Waals surface area contributed by atoms with Crippen LogP contribution in [-0.2, 0) is 11.2 Å². The average Bonchev–Trinajstić information content (AvgIpc) is 2.24. The molecule has 1 aromatic rings. The van der Waals surface area contributed by atoms with Gasteiger partial charge in [0, 0.05) is 6.04 Å². The highest BCUT2D eigenvalue weighted by atomic mass is 19.1. The van der Waals surface area contributed by atoms with Crippen molar-refractivity contribution >= 4 is 0 Å². The van der Waals surface area contributed by atoms with E-state index in [1.807, 2.05) is 33.8 Å². The first-order valence-electron chi connectivity index (χ1n) is 6.59. The Kier molecular flexibility index (Phi) is 5.76. The van der Waals surface area contributed by atoms with Gasteiger partial charge in [-0.15, -0.1) is 0 Å². The van der Waals surface area contributed by atoms with Crippen LogP contribution in [0.5, 0.6) is 5.75 Å². The normalized spacial score (nSPS) is 13.4. The monoisotopic (exact) mass is 269 g/mol. The molecule has 0 aliphatic heterocycles. The fourth-order valence-corrected chi connectivity index (χ4v) is 1.66. The van der Waals surface area contributed by atoms with Gasteiger partial charge >= 0.3 is 0 Å². The van der Waals surface area contributed by atoms with Crippen molar-refractivity contribution in [3.05, 3.63) is 29.6 Å².